The zero-order valence-corrected chi connectivity index (χ0v) is 24.0. The number of hydrogen-bond donors (Lipinski definition) is 3. The quantitative estimate of drug-likeness (QED) is 0.183. The van der Waals surface area contributed by atoms with E-state index in [4.69, 9.17) is 4.98 Å². The van der Waals surface area contributed by atoms with Crippen LogP contribution in [0.5, 0.6) is 0 Å². The zero-order chi connectivity index (χ0) is 27.0. The predicted octanol–water partition coefficient (Wildman–Crippen LogP) is 3.81. The first-order valence-corrected chi connectivity index (χ1v) is 13.4. The number of aliphatic hydroxyl groups excluding tert-OH is 1. The molecule has 1 aromatic heterocycles. The fourth-order valence-corrected chi connectivity index (χ4v) is 5.04. The van der Waals surface area contributed by atoms with Crippen molar-refractivity contribution in [2.45, 2.75) is 33.4 Å². The Morgan fingerprint density at radius 3 is 2.24 bits per heavy atom. The van der Waals surface area contributed by atoms with Gasteiger partial charge >= 0.3 is 11.8 Å². The minimum absolute atomic E-state index is 0.127. The highest BCUT2D eigenvalue weighted by Crippen LogP contribution is 2.39. The molecule has 3 N–H and O–H groups in total. The SMILES string of the molecule is CNC(=O)C(=O)N(C[C@@H](CO)CNI)[C@@H](c1nc(-c2ccccc2)cn1Cc1ccccc1)C(C)(C)C. The summed E-state index contributed by atoms with van der Waals surface area (Å²) in [5, 5.41) is 12.5. The molecule has 0 radical (unpaired) electrons. The molecule has 1 heterocycles. The molecule has 8 nitrogen and oxygen atoms in total. The molecule has 0 saturated carbocycles. The van der Waals surface area contributed by atoms with Crippen molar-refractivity contribution < 1.29 is 14.7 Å². The normalized spacial score (nSPS) is 13.1. The maximum Gasteiger partial charge on any atom is 0.312 e. The van der Waals surface area contributed by atoms with Crippen LogP contribution in [0.3, 0.4) is 0 Å². The number of carbonyl (C=O) groups excluding carboxylic acids is 2. The van der Waals surface area contributed by atoms with Crippen LogP contribution >= 0.6 is 22.9 Å². The molecule has 0 bridgehead atoms. The molecule has 0 spiro atoms. The van der Waals surface area contributed by atoms with Gasteiger partial charge in [-0.2, -0.15) is 0 Å². The van der Waals surface area contributed by atoms with E-state index in [1.807, 2.05) is 98.4 Å². The maximum atomic E-state index is 13.5. The van der Waals surface area contributed by atoms with Crippen LogP contribution in [0.2, 0.25) is 0 Å². The molecular formula is C28H36IN5O3. The summed E-state index contributed by atoms with van der Waals surface area (Å²) in [4.78, 5) is 32.8. The first kappa shape index (κ1) is 28.8. The number of benzene rings is 2. The van der Waals surface area contributed by atoms with Gasteiger partial charge in [0, 0.05) is 73.8 Å². The van der Waals surface area contributed by atoms with Crippen molar-refractivity contribution in [1.29, 1.82) is 0 Å². The Bertz CT molecular complexity index is 1160. The van der Waals surface area contributed by atoms with Crippen molar-refractivity contribution in [3.8, 4) is 11.3 Å². The number of halogens is 1. The predicted molar refractivity (Wildman–Crippen MR) is 154 cm³/mol. The number of imidazole rings is 1. The second-order valence-electron chi connectivity index (χ2n) is 10.2. The fraction of sp³-hybridized carbons (Fsp3) is 0.393. The van der Waals surface area contributed by atoms with Crippen LogP contribution in [-0.2, 0) is 16.1 Å². The number of carbonyl (C=O) groups is 2. The number of aliphatic hydroxyl groups is 1. The topological polar surface area (TPSA) is 99.5 Å². The zero-order valence-electron chi connectivity index (χ0n) is 21.8. The van der Waals surface area contributed by atoms with Crippen LogP contribution in [0.4, 0.5) is 0 Å². The molecule has 0 aliphatic rings. The monoisotopic (exact) mass is 617 g/mol. The highest BCUT2D eigenvalue weighted by Gasteiger charge is 2.41. The van der Waals surface area contributed by atoms with Crippen LogP contribution in [0.15, 0.2) is 66.9 Å². The van der Waals surface area contributed by atoms with Gasteiger partial charge < -0.3 is 19.9 Å². The molecule has 2 amide bonds. The van der Waals surface area contributed by atoms with Gasteiger partial charge in [-0.1, -0.05) is 81.4 Å². The Kier molecular flexibility index (Phi) is 10.2. The summed E-state index contributed by atoms with van der Waals surface area (Å²) < 4.78 is 5.12. The van der Waals surface area contributed by atoms with E-state index >= 15 is 0 Å². The van der Waals surface area contributed by atoms with E-state index < -0.39 is 23.3 Å². The Hall–Kier alpha value is -2.76. The van der Waals surface area contributed by atoms with Gasteiger partial charge in [0.2, 0.25) is 0 Å². The second kappa shape index (κ2) is 13.2. The maximum absolute atomic E-state index is 13.5. The number of nitrogens with zero attached hydrogens (tertiary/aromatic N) is 3. The average molecular weight is 618 g/mol. The van der Waals surface area contributed by atoms with Crippen molar-refractivity contribution in [2.75, 3.05) is 26.7 Å². The first-order valence-electron chi connectivity index (χ1n) is 12.3. The largest absolute Gasteiger partial charge is 0.396 e. The van der Waals surface area contributed by atoms with Gasteiger partial charge in [0.1, 0.15) is 5.82 Å². The minimum Gasteiger partial charge on any atom is -0.396 e. The van der Waals surface area contributed by atoms with Crippen molar-refractivity contribution >= 4 is 34.7 Å². The van der Waals surface area contributed by atoms with Gasteiger partial charge in [0.25, 0.3) is 0 Å². The van der Waals surface area contributed by atoms with E-state index in [0.717, 1.165) is 16.8 Å². The molecule has 198 valence electrons. The van der Waals surface area contributed by atoms with E-state index in [-0.39, 0.29) is 19.1 Å². The van der Waals surface area contributed by atoms with Crippen molar-refractivity contribution in [3.63, 3.8) is 0 Å². The molecule has 2 aromatic carbocycles. The highest BCUT2D eigenvalue weighted by molar-refractivity contribution is 14.1. The van der Waals surface area contributed by atoms with Gasteiger partial charge in [-0.3, -0.25) is 13.1 Å². The lowest BCUT2D eigenvalue weighted by Crippen LogP contribution is -2.50. The third-order valence-corrected chi connectivity index (χ3v) is 6.65. The van der Waals surface area contributed by atoms with E-state index in [0.29, 0.717) is 18.9 Å². The second-order valence-corrected chi connectivity index (χ2v) is 10.9. The molecule has 0 saturated heterocycles. The summed E-state index contributed by atoms with van der Waals surface area (Å²) in [5.74, 6) is -0.921. The lowest BCUT2D eigenvalue weighted by atomic mass is 9.84. The number of likely N-dealkylation sites (N-methyl/N-ethyl adjacent to an activating group) is 1. The molecule has 0 aliphatic carbocycles. The molecule has 3 rings (SSSR count). The number of rotatable bonds is 10. The van der Waals surface area contributed by atoms with Crippen LogP contribution in [0, 0.1) is 11.3 Å². The van der Waals surface area contributed by atoms with Gasteiger partial charge in [0.15, 0.2) is 0 Å². The Morgan fingerprint density at radius 2 is 1.70 bits per heavy atom. The standard InChI is InChI=1S/C28H36IN5O3/c1-28(2,3)24(34(27(37)26(36)30-4)17-21(19-35)15-31-29)25-32-23(22-13-9-6-10-14-22)18-33(25)16-20-11-7-5-8-12-20/h5-14,18,21,24,31,35H,15-17,19H2,1-4H3,(H,30,36)/t21-,24-/m0/s1. The van der Waals surface area contributed by atoms with Crippen molar-refractivity contribution in [1.82, 2.24) is 23.3 Å². The van der Waals surface area contributed by atoms with Gasteiger partial charge in [-0.25, -0.2) is 4.98 Å². The molecule has 2 atom stereocenters. The summed E-state index contributed by atoms with van der Waals surface area (Å²) in [5.41, 5.74) is 2.38. The Labute approximate surface area is 233 Å². The van der Waals surface area contributed by atoms with E-state index in [9.17, 15) is 14.7 Å². The molecule has 37 heavy (non-hydrogen) atoms. The van der Waals surface area contributed by atoms with Gasteiger partial charge in [-0.05, 0) is 11.0 Å². The lowest BCUT2D eigenvalue weighted by Gasteiger charge is -2.40. The van der Waals surface area contributed by atoms with E-state index in [2.05, 4.69) is 25.5 Å². The van der Waals surface area contributed by atoms with E-state index in [1.165, 1.54) is 7.05 Å². The fourth-order valence-electron chi connectivity index (χ4n) is 4.41. The highest BCUT2D eigenvalue weighted by atomic mass is 127. The number of hydrogen-bond acceptors (Lipinski definition) is 5. The first-order chi connectivity index (χ1) is 17.7. The molecule has 0 aliphatic heterocycles. The molecule has 3 aromatic rings. The third-order valence-electron chi connectivity index (χ3n) is 6.21. The van der Waals surface area contributed by atoms with Gasteiger partial charge in [0.05, 0.1) is 11.7 Å². The molecule has 9 heteroatoms. The smallest absolute Gasteiger partial charge is 0.312 e. The average Bonchev–Trinajstić information content (AvgIpc) is 3.30. The lowest BCUT2D eigenvalue weighted by molar-refractivity contribution is -0.150. The number of aromatic nitrogens is 2. The van der Waals surface area contributed by atoms with Crippen molar-refractivity contribution in [2.24, 2.45) is 11.3 Å². The third kappa shape index (κ3) is 7.39. The van der Waals surface area contributed by atoms with E-state index in [1.54, 1.807) is 4.90 Å². The van der Waals surface area contributed by atoms with Crippen LogP contribution < -0.4 is 8.85 Å². The Balaban J connectivity index is 2.19. The Morgan fingerprint density at radius 1 is 1.08 bits per heavy atom. The summed E-state index contributed by atoms with van der Waals surface area (Å²) >= 11 is 2.02. The summed E-state index contributed by atoms with van der Waals surface area (Å²) in [7, 11) is 1.45. The number of amides is 2. The van der Waals surface area contributed by atoms with Crippen LogP contribution in [-0.4, -0.2) is 58.1 Å². The summed E-state index contributed by atoms with van der Waals surface area (Å²) in [6, 6.07) is 19.5. The number of nitrogens with one attached hydrogen (secondary N) is 2. The minimum atomic E-state index is -0.696. The van der Waals surface area contributed by atoms with Crippen LogP contribution in [0.25, 0.3) is 11.3 Å². The molecule has 0 unspecified atom stereocenters. The van der Waals surface area contributed by atoms with Crippen molar-refractivity contribution in [3.05, 3.63) is 78.2 Å². The van der Waals surface area contributed by atoms with Crippen LogP contribution in [0.1, 0.15) is 38.2 Å². The van der Waals surface area contributed by atoms with Gasteiger partial charge in [-0.15, -0.1) is 0 Å². The summed E-state index contributed by atoms with van der Waals surface area (Å²) in [6.07, 6.45) is 2.01. The molecular weight excluding hydrogens is 581 g/mol. The summed E-state index contributed by atoms with van der Waals surface area (Å²) in [6.45, 7) is 7.22. The molecule has 0 fully saturated rings.